The van der Waals surface area contributed by atoms with Gasteiger partial charge in [0.15, 0.2) is 0 Å². The normalized spacial score (nSPS) is 17.9. The number of hydrogen-bond acceptors (Lipinski definition) is 4. The fourth-order valence-electron chi connectivity index (χ4n) is 3.36. The van der Waals surface area contributed by atoms with Crippen molar-refractivity contribution < 1.29 is 4.79 Å². The van der Waals surface area contributed by atoms with E-state index in [9.17, 15) is 9.59 Å². The lowest BCUT2D eigenvalue weighted by molar-refractivity contribution is -0.134. The highest BCUT2D eigenvalue weighted by Crippen LogP contribution is 2.19. The van der Waals surface area contributed by atoms with E-state index in [1.165, 1.54) is 0 Å². The van der Waals surface area contributed by atoms with Gasteiger partial charge < -0.3 is 9.88 Å². The maximum Gasteiger partial charge on any atom is 0.254 e. The van der Waals surface area contributed by atoms with Gasteiger partial charge in [0, 0.05) is 30.2 Å². The first-order valence-corrected chi connectivity index (χ1v) is 8.38. The maximum absolute atomic E-state index is 12.8. The Morgan fingerprint density at radius 2 is 2.21 bits per heavy atom. The minimum Gasteiger partial charge on any atom is -0.338 e. The quantitative estimate of drug-likeness (QED) is 0.914. The lowest BCUT2D eigenvalue weighted by Gasteiger charge is -2.36. The second kappa shape index (κ2) is 6.98. The molecule has 1 amide bonds. The van der Waals surface area contributed by atoms with Gasteiger partial charge in [0.05, 0.1) is 19.0 Å². The van der Waals surface area contributed by atoms with Crippen LogP contribution in [0.15, 0.2) is 23.3 Å². The van der Waals surface area contributed by atoms with Gasteiger partial charge >= 0.3 is 0 Å². The SMILES string of the molecule is Cc1nc(C)c(CC(=O)N2CCCCC2Cn2cccn2)c(=O)[nH]1. The number of piperidine rings is 1. The first-order valence-electron chi connectivity index (χ1n) is 8.38. The molecule has 0 spiro atoms. The molecule has 7 heteroatoms. The molecule has 128 valence electrons. The number of rotatable bonds is 4. The summed E-state index contributed by atoms with van der Waals surface area (Å²) in [6, 6.07) is 2.01. The van der Waals surface area contributed by atoms with Crippen LogP contribution in [0.3, 0.4) is 0 Å². The minimum atomic E-state index is -0.214. The van der Waals surface area contributed by atoms with Gasteiger partial charge in [-0.3, -0.25) is 14.3 Å². The number of nitrogens with one attached hydrogen (secondary N) is 1. The van der Waals surface area contributed by atoms with Crippen LogP contribution >= 0.6 is 0 Å². The van der Waals surface area contributed by atoms with Gasteiger partial charge in [-0.15, -0.1) is 0 Å². The Labute approximate surface area is 140 Å². The summed E-state index contributed by atoms with van der Waals surface area (Å²) in [6.45, 7) is 4.95. The first-order chi connectivity index (χ1) is 11.5. The number of nitrogens with zero attached hydrogens (tertiary/aromatic N) is 4. The van der Waals surface area contributed by atoms with E-state index in [0.717, 1.165) is 25.8 Å². The Kier molecular flexibility index (Phi) is 4.78. The summed E-state index contributed by atoms with van der Waals surface area (Å²) in [5.74, 6) is 0.564. The minimum absolute atomic E-state index is 0.00823. The second-order valence-corrected chi connectivity index (χ2v) is 6.36. The molecule has 0 aromatic carbocycles. The number of carbonyl (C=O) groups excluding carboxylic acids is 1. The molecule has 0 aliphatic carbocycles. The average molecular weight is 329 g/mol. The van der Waals surface area contributed by atoms with Crippen molar-refractivity contribution in [2.75, 3.05) is 6.54 Å². The predicted octanol–water partition coefficient (Wildman–Crippen LogP) is 1.21. The monoisotopic (exact) mass is 329 g/mol. The Hall–Kier alpha value is -2.44. The lowest BCUT2D eigenvalue weighted by Crippen LogP contribution is -2.47. The molecule has 1 N–H and O–H groups in total. The van der Waals surface area contributed by atoms with Gasteiger partial charge in [0.25, 0.3) is 5.56 Å². The molecule has 1 unspecified atom stereocenters. The van der Waals surface area contributed by atoms with Crippen molar-refractivity contribution >= 4 is 5.91 Å². The average Bonchev–Trinajstić information content (AvgIpc) is 3.04. The number of H-pyrrole nitrogens is 1. The largest absolute Gasteiger partial charge is 0.338 e. The van der Waals surface area contributed by atoms with Crippen molar-refractivity contribution in [3.05, 3.63) is 45.9 Å². The summed E-state index contributed by atoms with van der Waals surface area (Å²) in [5, 5.41) is 4.24. The van der Waals surface area contributed by atoms with Crippen LogP contribution in [0.25, 0.3) is 0 Å². The summed E-state index contributed by atoms with van der Waals surface area (Å²) in [5.41, 5.74) is 0.883. The molecule has 0 saturated carbocycles. The van der Waals surface area contributed by atoms with E-state index in [1.54, 1.807) is 20.0 Å². The molecule has 1 saturated heterocycles. The highest BCUT2D eigenvalue weighted by Gasteiger charge is 2.28. The predicted molar refractivity (Wildman–Crippen MR) is 89.6 cm³/mol. The molecule has 2 aromatic rings. The van der Waals surface area contributed by atoms with Crippen LogP contribution in [0.2, 0.25) is 0 Å². The fourth-order valence-corrected chi connectivity index (χ4v) is 3.36. The van der Waals surface area contributed by atoms with Crippen LogP contribution in [-0.4, -0.2) is 43.1 Å². The number of amides is 1. The molecule has 0 bridgehead atoms. The third kappa shape index (κ3) is 3.55. The van der Waals surface area contributed by atoms with E-state index in [1.807, 2.05) is 21.8 Å². The van der Waals surface area contributed by atoms with E-state index >= 15 is 0 Å². The highest BCUT2D eigenvalue weighted by atomic mass is 16.2. The first kappa shape index (κ1) is 16.4. The van der Waals surface area contributed by atoms with Crippen LogP contribution in [0, 0.1) is 13.8 Å². The van der Waals surface area contributed by atoms with Crippen molar-refractivity contribution in [2.45, 2.75) is 52.1 Å². The smallest absolute Gasteiger partial charge is 0.254 e. The third-order valence-electron chi connectivity index (χ3n) is 4.57. The van der Waals surface area contributed by atoms with E-state index in [4.69, 9.17) is 0 Å². The highest BCUT2D eigenvalue weighted by molar-refractivity contribution is 5.79. The fraction of sp³-hybridized carbons (Fsp3) is 0.529. The second-order valence-electron chi connectivity index (χ2n) is 6.36. The number of hydrogen-bond donors (Lipinski definition) is 1. The van der Waals surface area contributed by atoms with Gasteiger partial charge in [-0.2, -0.15) is 5.10 Å². The molecule has 3 rings (SSSR count). The molecule has 7 nitrogen and oxygen atoms in total. The zero-order valence-corrected chi connectivity index (χ0v) is 14.2. The Bertz CT molecular complexity index is 766. The van der Waals surface area contributed by atoms with Crippen LogP contribution in [0.4, 0.5) is 0 Å². The molecule has 1 aliphatic heterocycles. The van der Waals surface area contributed by atoms with Crippen molar-refractivity contribution in [1.29, 1.82) is 0 Å². The summed E-state index contributed by atoms with van der Waals surface area (Å²) in [6.07, 6.45) is 6.84. The van der Waals surface area contributed by atoms with Crippen LogP contribution in [-0.2, 0) is 17.8 Å². The number of aromatic nitrogens is 4. The number of aryl methyl sites for hydroxylation is 2. The molecule has 24 heavy (non-hydrogen) atoms. The standard InChI is InChI=1S/C17H23N5O2/c1-12-15(17(24)20-13(2)19-12)10-16(23)22-9-4-3-6-14(22)11-21-8-5-7-18-21/h5,7-8,14H,3-4,6,9-11H2,1-2H3,(H,19,20,24). The molecule has 1 atom stereocenters. The van der Waals surface area contributed by atoms with Crippen molar-refractivity contribution in [1.82, 2.24) is 24.6 Å². The van der Waals surface area contributed by atoms with Crippen molar-refractivity contribution in [3.63, 3.8) is 0 Å². The van der Waals surface area contributed by atoms with E-state index in [-0.39, 0.29) is 23.9 Å². The van der Waals surface area contributed by atoms with Gasteiger partial charge in [-0.25, -0.2) is 4.98 Å². The van der Waals surface area contributed by atoms with Gasteiger partial charge in [-0.05, 0) is 39.2 Å². The molecule has 3 heterocycles. The van der Waals surface area contributed by atoms with Gasteiger partial charge in [-0.1, -0.05) is 0 Å². The molecule has 2 aromatic heterocycles. The zero-order valence-electron chi connectivity index (χ0n) is 14.2. The van der Waals surface area contributed by atoms with Crippen LogP contribution in [0.5, 0.6) is 0 Å². The maximum atomic E-state index is 12.8. The summed E-state index contributed by atoms with van der Waals surface area (Å²) < 4.78 is 1.86. The van der Waals surface area contributed by atoms with E-state index < -0.39 is 0 Å². The number of carbonyl (C=O) groups is 1. The van der Waals surface area contributed by atoms with Gasteiger partial charge in [0.2, 0.25) is 5.91 Å². The third-order valence-corrected chi connectivity index (χ3v) is 4.57. The number of likely N-dealkylation sites (tertiary alicyclic amines) is 1. The lowest BCUT2D eigenvalue weighted by atomic mass is 10.0. The molecule has 1 fully saturated rings. The molecular weight excluding hydrogens is 306 g/mol. The summed E-state index contributed by atoms with van der Waals surface area (Å²) >= 11 is 0. The molecule has 1 aliphatic rings. The topological polar surface area (TPSA) is 83.9 Å². The van der Waals surface area contributed by atoms with Crippen LogP contribution < -0.4 is 5.56 Å². The molecular formula is C17H23N5O2. The zero-order chi connectivity index (χ0) is 17.1. The van der Waals surface area contributed by atoms with E-state index in [0.29, 0.717) is 23.6 Å². The van der Waals surface area contributed by atoms with Crippen molar-refractivity contribution in [3.8, 4) is 0 Å². The Morgan fingerprint density at radius 1 is 1.38 bits per heavy atom. The Morgan fingerprint density at radius 3 is 2.92 bits per heavy atom. The van der Waals surface area contributed by atoms with Gasteiger partial charge in [0.1, 0.15) is 5.82 Å². The number of aromatic amines is 1. The van der Waals surface area contributed by atoms with Crippen molar-refractivity contribution in [2.24, 2.45) is 0 Å². The molecule has 0 radical (unpaired) electrons. The summed E-state index contributed by atoms with van der Waals surface area (Å²) in [7, 11) is 0. The van der Waals surface area contributed by atoms with E-state index in [2.05, 4.69) is 15.1 Å². The Balaban J connectivity index is 1.76. The van der Waals surface area contributed by atoms with Crippen LogP contribution in [0.1, 0.15) is 36.3 Å². The summed E-state index contributed by atoms with van der Waals surface area (Å²) in [4.78, 5) is 33.8.